The highest BCUT2D eigenvalue weighted by Gasteiger charge is 2.20. The molecule has 1 atom stereocenters. The fourth-order valence-electron chi connectivity index (χ4n) is 3.40. The third-order valence-corrected chi connectivity index (χ3v) is 4.83. The van der Waals surface area contributed by atoms with Crippen molar-refractivity contribution in [3.8, 4) is 5.75 Å². The maximum atomic E-state index is 11.0. The van der Waals surface area contributed by atoms with Gasteiger partial charge in [-0.2, -0.15) is 0 Å². The Labute approximate surface area is 158 Å². The first kappa shape index (κ1) is 17.0. The summed E-state index contributed by atoms with van der Waals surface area (Å²) in [6.07, 6.45) is 6.17. The molecule has 0 fully saturated rings. The highest BCUT2D eigenvalue weighted by atomic mass is 16.3. The molecule has 2 N–H and O–H groups in total. The molecule has 27 heavy (non-hydrogen) atoms. The maximum Gasteiger partial charge on any atom is 0.147 e. The quantitative estimate of drug-likeness (QED) is 0.523. The van der Waals surface area contributed by atoms with Gasteiger partial charge in [0.2, 0.25) is 0 Å². The molecule has 134 valence electrons. The molecule has 0 bridgehead atoms. The van der Waals surface area contributed by atoms with Gasteiger partial charge in [0.05, 0.1) is 6.04 Å². The summed E-state index contributed by atoms with van der Waals surface area (Å²) in [4.78, 5) is 8.50. The van der Waals surface area contributed by atoms with Crippen LogP contribution in [0.25, 0.3) is 10.9 Å². The molecule has 2 heterocycles. The largest absolute Gasteiger partial charge is 0.505 e. The SMILES string of the molecule is CCc1ccccc1N[C@H](c1ccncc1)c1ccc2cccnc2c1O. The highest BCUT2D eigenvalue weighted by molar-refractivity contribution is 5.86. The van der Waals surface area contributed by atoms with Gasteiger partial charge in [0.15, 0.2) is 0 Å². The lowest BCUT2D eigenvalue weighted by molar-refractivity contribution is 0.471. The van der Waals surface area contributed by atoms with Crippen LogP contribution in [0.3, 0.4) is 0 Å². The summed E-state index contributed by atoms with van der Waals surface area (Å²) in [5, 5.41) is 15.5. The second kappa shape index (κ2) is 7.46. The van der Waals surface area contributed by atoms with E-state index in [1.54, 1.807) is 18.6 Å². The molecule has 0 aliphatic heterocycles. The smallest absolute Gasteiger partial charge is 0.147 e. The number of para-hydroxylation sites is 1. The number of fused-ring (bicyclic) bond motifs is 1. The van der Waals surface area contributed by atoms with Crippen LogP contribution in [-0.4, -0.2) is 15.1 Å². The summed E-state index contributed by atoms with van der Waals surface area (Å²) in [7, 11) is 0. The molecule has 0 aliphatic rings. The number of rotatable bonds is 5. The highest BCUT2D eigenvalue weighted by Crippen LogP contribution is 2.36. The molecule has 0 aliphatic carbocycles. The Kier molecular flexibility index (Phi) is 4.71. The van der Waals surface area contributed by atoms with Crippen LogP contribution in [0.4, 0.5) is 5.69 Å². The van der Waals surface area contributed by atoms with E-state index in [0.717, 1.165) is 28.6 Å². The van der Waals surface area contributed by atoms with Crippen LogP contribution in [0.5, 0.6) is 5.75 Å². The second-order valence-electron chi connectivity index (χ2n) is 6.45. The molecule has 0 unspecified atom stereocenters. The first-order valence-corrected chi connectivity index (χ1v) is 9.09. The first-order chi connectivity index (χ1) is 13.3. The van der Waals surface area contributed by atoms with Gasteiger partial charge in [-0.3, -0.25) is 9.97 Å². The summed E-state index contributed by atoms with van der Waals surface area (Å²) >= 11 is 0. The Morgan fingerprint density at radius 1 is 0.926 bits per heavy atom. The molecule has 4 rings (SSSR count). The zero-order valence-electron chi connectivity index (χ0n) is 15.1. The molecule has 0 saturated carbocycles. The van der Waals surface area contributed by atoms with Crippen LogP contribution in [0, 0.1) is 0 Å². The third kappa shape index (κ3) is 3.34. The van der Waals surface area contributed by atoms with Gasteiger partial charge in [-0.25, -0.2) is 0 Å². The second-order valence-corrected chi connectivity index (χ2v) is 6.45. The number of aromatic hydroxyl groups is 1. The van der Waals surface area contributed by atoms with Crippen molar-refractivity contribution in [1.82, 2.24) is 9.97 Å². The Balaban J connectivity index is 1.85. The fourth-order valence-corrected chi connectivity index (χ4v) is 3.40. The van der Waals surface area contributed by atoms with Crippen molar-refractivity contribution >= 4 is 16.6 Å². The van der Waals surface area contributed by atoms with E-state index < -0.39 is 0 Å². The number of benzene rings is 2. The predicted molar refractivity (Wildman–Crippen MR) is 109 cm³/mol. The van der Waals surface area contributed by atoms with E-state index in [2.05, 4.69) is 34.3 Å². The number of hydrogen-bond acceptors (Lipinski definition) is 4. The van der Waals surface area contributed by atoms with Crippen LogP contribution in [0.1, 0.15) is 29.7 Å². The van der Waals surface area contributed by atoms with Gasteiger partial charge in [0, 0.05) is 35.2 Å². The van der Waals surface area contributed by atoms with E-state index in [1.165, 1.54) is 5.56 Å². The van der Waals surface area contributed by atoms with Crippen molar-refractivity contribution in [2.45, 2.75) is 19.4 Å². The Morgan fingerprint density at radius 3 is 2.56 bits per heavy atom. The fraction of sp³-hybridized carbons (Fsp3) is 0.130. The summed E-state index contributed by atoms with van der Waals surface area (Å²) < 4.78 is 0. The number of nitrogens with zero attached hydrogens (tertiary/aromatic N) is 2. The summed E-state index contributed by atoms with van der Waals surface area (Å²) in [6.45, 7) is 2.14. The number of phenols is 1. The van der Waals surface area contributed by atoms with Crippen molar-refractivity contribution < 1.29 is 5.11 Å². The number of aryl methyl sites for hydroxylation is 1. The lowest BCUT2D eigenvalue weighted by Crippen LogP contribution is -2.14. The van der Waals surface area contributed by atoms with Gasteiger partial charge in [0.1, 0.15) is 11.3 Å². The minimum absolute atomic E-state index is 0.205. The zero-order chi connectivity index (χ0) is 18.6. The molecule has 4 heteroatoms. The number of pyridine rings is 2. The third-order valence-electron chi connectivity index (χ3n) is 4.83. The molecular formula is C23H21N3O. The molecule has 4 aromatic rings. The van der Waals surface area contributed by atoms with Crippen molar-refractivity contribution in [2.75, 3.05) is 5.32 Å². The molecular weight excluding hydrogens is 334 g/mol. The van der Waals surface area contributed by atoms with Gasteiger partial charge >= 0.3 is 0 Å². The molecule has 4 nitrogen and oxygen atoms in total. The summed E-state index contributed by atoms with van der Waals surface area (Å²) in [6, 6.07) is 19.8. The standard InChI is InChI=1S/C23H21N3O/c1-2-16-6-3-4-8-20(16)26-21(18-11-14-24-15-12-18)19-10-9-17-7-5-13-25-22(17)23(19)27/h3-15,21,26-27H,2H2,1H3/t21-/m1/s1. The van der Waals surface area contributed by atoms with Crippen LogP contribution in [-0.2, 0) is 6.42 Å². The molecule has 2 aromatic carbocycles. The van der Waals surface area contributed by atoms with E-state index in [4.69, 9.17) is 0 Å². The molecule has 0 saturated heterocycles. The van der Waals surface area contributed by atoms with Gasteiger partial charge in [0.25, 0.3) is 0 Å². The van der Waals surface area contributed by atoms with Gasteiger partial charge in [-0.05, 0) is 41.8 Å². The van der Waals surface area contributed by atoms with Crippen LogP contribution in [0.15, 0.2) is 79.3 Å². The Hall–Kier alpha value is -3.40. The molecule has 0 spiro atoms. The summed E-state index contributed by atoms with van der Waals surface area (Å²) in [5.74, 6) is 0.205. The normalized spacial score (nSPS) is 12.0. The van der Waals surface area contributed by atoms with Gasteiger partial charge in [-0.15, -0.1) is 0 Å². The van der Waals surface area contributed by atoms with E-state index in [0.29, 0.717) is 5.52 Å². The number of anilines is 1. The van der Waals surface area contributed by atoms with Crippen LogP contribution < -0.4 is 5.32 Å². The van der Waals surface area contributed by atoms with Crippen molar-refractivity contribution in [1.29, 1.82) is 0 Å². The number of nitrogens with one attached hydrogen (secondary N) is 1. The summed E-state index contributed by atoms with van der Waals surface area (Å²) in [5.41, 5.74) is 4.72. The molecule has 0 amide bonds. The number of phenolic OH excluding ortho intramolecular Hbond substituents is 1. The lowest BCUT2D eigenvalue weighted by Gasteiger charge is -2.23. The van der Waals surface area contributed by atoms with E-state index in [1.807, 2.05) is 48.5 Å². The van der Waals surface area contributed by atoms with E-state index in [-0.39, 0.29) is 11.8 Å². The monoisotopic (exact) mass is 355 g/mol. The van der Waals surface area contributed by atoms with Gasteiger partial charge in [-0.1, -0.05) is 43.3 Å². The van der Waals surface area contributed by atoms with Crippen molar-refractivity contribution in [2.24, 2.45) is 0 Å². The number of aromatic nitrogens is 2. The number of hydrogen-bond donors (Lipinski definition) is 2. The molecule has 0 radical (unpaired) electrons. The topological polar surface area (TPSA) is 58.0 Å². The average Bonchev–Trinajstić information content (AvgIpc) is 2.74. The van der Waals surface area contributed by atoms with Crippen LogP contribution in [0.2, 0.25) is 0 Å². The maximum absolute atomic E-state index is 11.0. The first-order valence-electron chi connectivity index (χ1n) is 9.09. The minimum Gasteiger partial charge on any atom is -0.505 e. The average molecular weight is 355 g/mol. The predicted octanol–water partition coefficient (Wildman–Crippen LogP) is 5.10. The zero-order valence-corrected chi connectivity index (χ0v) is 15.1. The van der Waals surface area contributed by atoms with Gasteiger partial charge < -0.3 is 10.4 Å². The van der Waals surface area contributed by atoms with Crippen molar-refractivity contribution in [3.05, 3.63) is 95.9 Å². The molecule has 2 aromatic heterocycles. The lowest BCUT2D eigenvalue weighted by atomic mass is 9.96. The van der Waals surface area contributed by atoms with E-state index in [9.17, 15) is 5.11 Å². The minimum atomic E-state index is -0.216. The Bertz CT molecular complexity index is 1060. The van der Waals surface area contributed by atoms with Crippen LogP contribution >= 0.6 is 0 Å². The Morgan fingerprint density at radius 2 is 1.74 bits per heavy atom. The van der Waals surface area contributed by atoms with Crippen molar-refractivity contribution in [3.63, 3.8) is 0 Å². The van der Waals surface area contributed by atoms with E-state index >= 15 is 0 Å².